The molecule has 0 aliphatic rings. The van der Waals surface area contributed by atoms with Gasteiger partial charge in [0, 0.05) is 6.20 Å². The van der Waals surface area contributed by atoms with Gasteiger partial charge in [-0.2, -0.15) is 9.97 Å². The van der Waals surface area contributed by atoms with Crippen LogP contribution in [0.2, 0.25) is 0 Å². The van der Waals surface area contributed by atoms with Crippen molar-refractivity contribution >= 4 is 27.7 Å². The molecule has 16 heavy (non-hydrogen) atoms. The van der Waals surface area contributed by atoms with Gasteiger partial charge in [0.2, 0.25) is 11.8 Å². The maximum atomic E-state index is 5.47. The summed E-state index contributed by atoms with van der Waals surface area (Å²) >= 11 is 3.30. The van der Waals surface area contributed by atoms with E-state index < -0.39 is 0 Å². The summed E-state index contributed by atoms with van der Waals surface area (Å²) in [5, 5.41) is 6.68. The standard InChI is InChI=1S/C8H9BrN6O/c1-4-13-6(16-15-4)3-11-7-5(9)2-12-8(10)14-7/h2H,3H2,1H3,(H3,10,11,12,14). The second kappa shape index (κ2) is 4.44. The lowest BCUT2D eigenvalue weighted by molar-refractivity contribution is 0.379. The molecular formula is C8H9BrN6O. The molecule has 0 atom stereocenters. The van der Waals surface area contributed by atoms with Gasteiger partial charge in [0.05, 0.1) is 11.0 Å². The number of nitrogens with two attached hydrogens (primary N) is 1. The molecule has 0 amide bonds. The number of nitrogens with one attached hydrogen (secondary N) is 1. The van der Waals surface area contributed by atoms with Gasteiger partial charge in [0.1, 0.15) is 5.82 Å². The van der Waals surface area contributed by atoms with E-state index in [1.807, 2.05) is 0 Å². The summed E-state index contributed by atoms with van der Waals surface area (Å²) in [4.78, 5) is 11.9. The zero-order valence-corrected chi connectivity index (χ0v) is 10.0. The number of rotatable bonds is 3. The fourth-order valence-corrected chi connectivity index (χ4v) is 1.41. The molecule has 0 aliphatic carbocycles. The molecule has 84 valence electrons. The molecule has 0 spiro atoms. The van der Waals surface area contributed by atoms with Crippen LogP contribution in [0, 0.1) is 6.92 Å². The van der Waals surface area contributed by atoms with Crippen LogP contribution in [0.1, 0.15) is 11.7 Å². The van der Waals surface area contributed by atoms with Crippen LogP contribution in [0.4, 0.5) is 11.8 Å². The van der Waals surface area contributed by atoms with Crippen molar-refractivity contribution < 1.29 is 4.52 Å². The highest BCUT2D eigenvalue weighted by atomic mass is 79.9. The third-order valence-electron chi connectivity index (χ3n) is 1.74. The quantitative estimate of drug-likeness (QED) is 0.871. The van der Waals surface area contributed by atoms with Gasteiger partial charge in [0.25, 0.3) is 0 Å². The molecule has 2 aromatic heterocycles. The molecule has 0 fully saturated rings. The van der Waals surface area contributed by atoms with Crippen LogP contribution in [0.15, 0.2) is 15.2 Å². The average Bonchev–Trinajstić information content (AvgIpc) is 2.66. The first-order valence-electron chi connectivity index (χ1n) is 4.46. The van der Waals surface area contributed by atoms with Crippen LogP contribution in [-0.2, 0) is 6.54 Å². The molecule has 2 heterocycles. The Hall–Kier alpha value is -1.70. The Morgan fingerprint density at radius 2 is 2.31 bits per heavy atom. The topological polar surface area (TPSA) is 103 Å². The van der Waals surface area contributed by atoms with E-state index in [9.17, 15) is 0 Å². The maximum Gasteiger partial charge on any atom is 0.245 e. The molecule has 0 aromatic carbocycles. The fourth-order valence-electron chi connectivity index (χ4n) is 1.08. The summed E-state index contributed by atoms with van der Waals surface area (Å²) in [7, 11) is 0. The van der Waals surface area contributed by atoms with Gasteiger partial charge in [-0.1, -0.05) is 5.16 Å². The van der Waals surface area contributed by atoms with Crippen molar-refractivity contribution in [1.82, 2.24) is 20.1 Å². The summed E-state index contributed by atoms with van der Waals surface area (Å²) in [5.74, 6) is 1.87. The summed E-state index contributed by atoms with van der Waals surface area (Å²) in [6.07, 6.45) is 1.57. The Bertz CT molecular complexity index is 499. The first kappa shape index (κ1) is 10.8. The average molecular weight is 285 g/mol. The molecule has 0 unspecified atom stereocenters. The van der Waals surface area contributed by atoms with E-state index in [-0.39, 0.29) is 5.95 Å². The monoisotopic (exact) mass is 284 g/mol. The number of halogens is 1. The molecule has 0 saturated heterocycles. The van der Waals surface area contributed by atoms with E-state index in [1.54, 1.807) is 13.1 Å². The van der Waals surface area contributed by atoms with E-state index in [2.05, 4.69) is 41.4 Å². The molecule has 0 radical (unpaired) electrons. The highest BCUT2D eigenvalue weighted by Crippen LogP contribution is 2.19. The molecule has 2 aromatic rings. The molecule has 0 bridgehead atoms. The molecule has 8 heteroatoms. The van der Waals surface area contributed by atoms with Crippen molar-refractivity contribution in [2.24, 2.45) is 0 Å². The number of nitrogen functional groups attached to an aromatic ring is 1. The van der Waals surface area contributed by atoms with Crippen molar-refractivity contribution in [2.75, 3.05) is 11.1 Å². The van der Waals surface area contributed by atoms with Gasteiger partial charge in [0.15, 0.2) is 5.82 Å². The second-order valence-corrected chi connectivity index (χ2v) is 3.87. The number of anilines is 2. The number of hydrogen-bond acceptors (Lipinski definition) is 7. The van der Waals surface area contributed by atoms with E-state index in [4.69, 9.17) is 10.3 Å². The molecule has 2 rings (SSSR count). The van der Waals surface area contributed by atoms with Crippen LogP contribution >= 0.6 is 15.9 Å². The van der Waals surface area contributed by atoms with Gasteiger partial charge in [-0.25, -0.2) is 4.98 Å². The molecule has 7 nitrogen and oxygen atoms in total. The zero-order valence-electron chi connectivity index (χ0n) is 8.44. The predicted molar refractivity (Wildman–Crippen MR) is 60.5 cm³/mol. The highest BCUT2D eigenvalue weighted by molar-refractivity contribution is 9.10. The first-order chi connectivity index (χ1) is 7.65. The Balaban J connectivity index is 2.07. The number of aryl methyl sites for hydroxylation is 1. The van der Waals surface area contributed by atoms with E-state index >= 15 is 0 Å². The molecular weight excluding hydrogens is 276 g/mol. The maximum absolute atomic E-state index is 5.47. The van der Waals surface area contributed by atoms with Gasteiger partial charge in [-0.3, -0.25) is 0 Å². The van der Waals surface area contributed by atoms with Crippen LogP contribution in [0.5, 0.6) is 0 Å². The third-order valence-corrected chi connectivity index (χ3v) is 2.32. The predicted octanol–water partition coefficient (Wildman–Crippen LogP) is 1.12. The van der Waals surface area contributed by atoms with Crippen molar-refractivity contribution in [3.8, 4) is 0 Å². The lowest BCUT2D eigenvalue weighted by Crippen LogP contribution is -2.05. The largest absolute Gasteiger partial charge is 0.368 e. The SMILES string of the molecule is Cc1noc(CNc2nc(N)ncc2Br)n1. The molecule has 0 aliphatic heterocycles. The van der Waals surface area contributed by atoms with Gasteiger partial charge >= 0.3 is 0 Å². The Morgan fingerprint density at radius 3 is 3.00 bits per heavy atom. The van der Waals surface area contributed by atoms with E-state index in [0.29, 0.717) is 24.1 Å². The first-order valence-corrected chi connectivity index (χ1v) is 5.25. The second-order valence-electron chi connectivity index (χ2n) is 3.01. The van der Waals surface area contributed by atoms with E-state index in [0.717, 1.165) is 4.47 Å². The van der Waals surface area contributed by atoms with Crippen LogP contribution in [-0.4, -0.2) is 20.1 Å². The number of aromatic nitrogens is 4. The minimum Gasteiger partial charge on any atom is -0.368 e. The zero-order chi connectivity index (χ0) is 11.5. The third kappa shape index (κ3) is 2.45. The lowest BCUT2D eigenvalue weighted by atomic mass is 10.5. The number of hydrogen-bond donors (Lipinski definition) is 2. The Kier molecular flexibility index (Phi) is 3.00. The van der Waals surface area contributed by atoms with Gasteiger partial charge < -0.3 is 15.6 Å². The lowest BCUT2D eigenvalue weighted by Gasteiger charge is -2.04. The van der Waals surface area contributed by atoms with Crippen molar-refractivity contribution in [3.63, 3.8) is 0 Å². The van der Waals surface area contributed by atoms with Crippen molar-refractivity contribution in [1.29, 1.82) is 0 Å². The molecule has 3 N–H and O–H groups in total. The van der Waals surface area contributed by atoms with Gasteiger partial charge in [-0.05, 0) is 22.9 Å². The summed E-state index contributed by atoms with van der Waals surface area (Å²) in [6, 6.07) is 0. The van der Waals surface area contributed by atoms with Gasteiger partial charge in [-0.15, -0.1) is 0 Å². The number of nitrogens with zero attached hydrogens (tertiary/aromatic N) is 4. The van der Waals surface area contributed by atoms with Crippen molar-refractivity contribution in [3.05, 3.63) is 22.4 Å². The Morgan fingerprint density at radius 1 is 1.50 bits per heavy atom. The smallest absolute Gasteiger partial charge is 0.245 e. The van der Waals surface area contributed by atoms with Crippen LogP contribution < -0.4 is 11.1 Å². The minimum atomic E-state index is 0.201. The fraction of sp³-hybridized carbons (Fsp3) is 0.250. The molecule has 0 saturated carbocycles. The van der Waals surface area contributed by atoms with E-state index in [1.165, 1.54) is 0 Å². The summed E-state index contributed by atoms with van der Waals surface area (Å²) in [5.41, 5.74) is 5.47. The highest BCUT2D eigenvalue weighted by Gasteiger charge is 2.06. The van der Waals surface area contributed by atoms with Crippen LogP contribution in [0.25, 0.3) is 0 Å². The Labute approximate surface area is 99.6 Å². The summed E-state index contributed by atoms with van der Waals surface area (Å²) < 4.78 is 5.66. The minimum absolute atomic E-state index is 0.201. The van der Waals surface area contributed by atoms with Crippen molar-refractivity contribution in [2.45, 2.75) is 13.5 Å². The van der Waals surface area contributed by atoms with Crippen LogP contribution in [0.3, 0.4) is 0 Å². The summed E-state index contributed by atoms with van der Waals surface area (Å²) in [6.45, 7) is 2.14. The normalized spacial score (nSPS) is 10.4.